The van der Waals surface area contributed by atoms with Crippen molar-refractivity contribution in [2.75, 3.05) is 5.73 Å². The fourth-order valence-electron chi connectivity index (χ4n) is 2.09. The topological polar surface area (TPSA) is 63.8 Å². The average Bonchev–Trinajstić information content (AvgIpc) is 2.67. The second-order valence-electron chi connectivity index (χ2n) is 4.29. The lowest BCUT2D eigenvalue weighted by molar-refractivity contribution is 0.672. The van der Waals surface area contributed by atoms with Gasteiger partial charge in [0.15, 0.2) is 0 Å². The molecule has 0 bridgehead atoms. The molecular formula is C14H13N3O. The van der Waals surface area contributed by atoms with Crippen molar-refractivity contribution in [3.8, 4) is 0 Å². The molecule has 0 amide bonds. The van der Waals surface area contributed by atoms with Crippen LogP contribution in [-0.2, 0) is 6.54 Å². The van der Waals surface area contributed by atoms with E-state index in [1.807, 2.05) is 48.5 Å². The minimum atomic E-state index is -0.00646. The van der Waals surface area contributed by atoms with Crippen molar-refractivity contribution >= 4 is 16.6 Å². The van der Waals surface area contributed by atoms with Crippen LogP contribution >= 0.6 is 0 Å². The van der Waals surface area contributed by atoms with Crippen LogP contribution in [0.4, 0.5) is 5.69 Å². The third-order valence-electron chi connectivity index (χ3n) is 2.95. The Balaban J connectivity index is 2.05. The number of aromatic amines is 1. The molecule has 90 valence electrons. The van der Waals surface area contributed by atoms with E-state index in [4.69, 9.17) is 5.73 Å². The van der Waals surface area contributed by atoms with Gasteiger partial charge in [0.25, 0.3) is 5.56 Å². The average molecular weight is 239 g/mol. The zero-order chi connectivity index (χ0) is 12.5. The van der Waals surface area contributed by atoms with Gasteiger partial charge in [0.2, 0.25) is 0 Å². The number of benzene rings is 2. The van der Waals surface area contributed by atoms with E-state index in [0.717, 1.165) is 11.1 Å². The van der Waals surface area contributed by atoms with Crippen LogP contribution in [0.3, 0.4) is 0 Å². The molecule has 0 spiro atoms. The van der Waals surface area contributed by atoms with Crippen molar-refractivity contribution < 1.29 is 0 Å². The minimum Gasteiger partial charge on any atom is -0.399 e. The smallest absolute Gasteiger partial charge is 0.274 e. The molecule has 1 heterocycles. The summed E-state index contributed by atoms with van der Waals surface area (Å²) in [5, 5.41) is 3.80. The standard InChI is InChI=1S/C14H13N3O/c15-11-5-3-4-10(8-11)9-17-14(18)12-6-1-2-7-13(12)16-17/h1-8,16H,9,15H2. The SMILES string of the molecule is Nc1cccc(Cn2[nH]c3ccccc3c2=O)c1. The molecule has 1 aromatic heterocycles. The zero-order valence-corrected chi connectivity index (χ0v) is 9.76. The Morgan fingerprint density at radius 3 is 2.72 bits per heavy atom. The Morgan fingerprint density at radius 2 is 1.94 bits per heavy atom. The first-order valence-electron chi connectivity index (χ1n) is 5.76. The Kier molecular flexibility index (Phi) is 2.41. The molecule has 2 aromatic carbocycles. The molecule has 3 aromatic rings. The first-order chi connectivity index (χ1) is 8.74. The summed E-state index contributed by atoms with van der Waals surface area (Å²) in [6.07, 6.45) is 0. The Hall–Kier alpha value is -2.49. The summed E-state index contributed by atoms with van der Waals surface area (Å²) >= 11 is 0. The van der Waals surface area contributed by atoms with Crippen LogP contribution in [0.1, 0.15) is 5.56 Å². The maximum absolute atomic E-state index is 12.1. The predicted molar refractivity (Wildman–Crippen MR) is 72.5 cm³/mol. The molecule has 0 fully saturated rings. The van der Waals surface area contributed by atoms with Gasteiger partial charge in [0, 0.05) is 5.69 Å². The number of nitrogen functional groups attached to an aromatic ring is 1. The van der Waals surface area contributed by atoms with Gasteiger partial charge in [-0.05, 0) is 29.8 Å². The third kappa shape index (κ3) is 1.78. The number of anilines is 1. The van der Waals surface area contributed by atoms with Crippen LogP contribution in [0.5, 0.6) is 0 Å². The van der Waals surface area contributed by atoms with Gasteiger partial charge in [-0.2, -0.15) is 0 Å². The molecule has 18 heavy (non-hydrogen) atoms. The molecule has 4 heteroatoms. The van der Waals surface area contributed by atoms with Crippen LogP contribution in [-0.4, -0.2) is 9.78 Å². The minimum absolute atomic E-state index is 0.00646. The maximum Gasteiger partial charge on any atom is 0.274 e. The molecule has 3 rings (SSSR count). The molecule has 4 nitrogen and oxygen atoms in total. The monoisotopic (exact) mass is 239 g/mol. The number of para-hydroxylation sites is 1. The van der Waals surface area contributed by atoms with E-state index >= 15 is 0 Å². The van der Waals surface area contributed by atoms with Crippen molar-refractivity contribution in [1.29, 1.82) is 0 Å². The predicted octanol–water partition coefficient (Wildman–Crippen LogP) is 1.96. The summed E-state index contributed by atoms with van der Waals surface area (Å²) < 4.78 is 1.60. The molecule has 3 N–H and O–H groups in total. The largest absolute Gasteiger partial charge is 0.399 e. The molecule has 0 aliphatic carbocycles. The van der Waals surface area contributed by atoms with Crippen molar-refractivity contribution in [2.24, 2.45) is 0 Å². The van der Waals surface area contributed by atoms with Gasteiger partial charge in [-0.25, -0.2) is 4.68 Å². The van der Waals surface area contributed by atoms with Gasteiger partial charge in [-0.3, -0.25) is 9.89 Å². The number of hydrogen-bond acceptors (Lipinski definition) is 2. The van der Waals surface area contributed by atoms with Gasteiger partial charge < -0.3 is 5.73 Å². The van der Waals surface area contributed by atoms with Crippen molar-refractivity contribution in [3.63, 3.8) is 0 Å². The number of nitrogens with one attached hydrogen (secondary N) is 1. The maximum atomic E-state index is 12.1. The van der Waals surface area contributed by atoms with Gasteiger partial charge in [0.1, 0.15) is 0 Å². The summed E-state index contributed by atoms with van der Waals surface area (Å²) in [5.74, 6) is 0. The summed E-state index contributed by atoms with van der Waals surface area (Å²) in [7, 11) is 0. The number of fused-ring (bicyclic) bond motifs is 1. The highest BCUT2D eigenvalue weighted by atomic mass is 16.1. The Labute approximate surface area is 104 Å². The second-order valence-corrected chi connectivity index (χ2v) is 4.29. The molecule has 0 saturated heterocycles. The van der Waals surface area contributed by atoms with Gasteiger partial charge in [-0.15, -0.1) is 0 Å². The number of hydrogen-bond donors (Lipinski definition) is 2. The van der Waals surface area contributed by atoms with E-state index in [9.17, 15) is 4.79 Å². The molecule has 0 unspecified atom stereocenters. The van der Waals surface area contributed by atoms with Crippen LogP contribution in [0.15, 0.2) is 53.3 Å². The molecule has 0 atom stereocenters. The lowest BCUT2D eigenvalue weighted by atomic mass is 10.2. The van der Waals surface area contributed by atoms with E-state index in [-0.39, 0.29) is 5.56 Å². The third-order valence-corrected chi connectivity index (χ3v) is 2.95. The van der Waals surface area contributed by atoms with E-state index in [1.165, 1.54) is 0 Å². The zero-order valence-electron chi connectivity index (χ0n) is 9.76. The number of aromatic nitrogens is 2. The first kappa shape index (κ1) is 10.7. The highest BCUT2D eigenvalue weighted by Crippen LogP contribution is 2.10. The van der Waals surface area contributed by atoms with E-state index in [0.29, 0.717) is 17.6 Å². The van der Waals surface area contributed by atoms with Crippen LogP contribution in [0.2, 0.25) is 0 Å². The fourth-order valence-corrected chi connectivity index (χ4v) is 2.09. The Bertz CT molecular complexity index is 755. The van der Waals surface area contributed by atoms with E-state index in [1.54, 1.807) is 4.68 Å². The van der Waals surface area contributed by atoms with E-state index in [2.05, 4.69) is 5.10 Å². The highest BCUT2D eigenvalue weighted by molar-refractivity contribution is 5.77. The van der Waals surface area contributed by atoms with Gasteiger partial charge in [-0.1, -0.05) is 24.3 Å². The highest BCUT2D eigenvalue weighted by Gasteiger charge is 2.05. The van der Waals surface area contributed by atoms with Crippen molar-refractivity contribution in [1.82, 2.24) is 9.78 Å². The molecule has 0 aliphatic rings. The quantitative estimate of drug-likeness (QED) is 0.671. The Morgan fingerprint density at radius 1 is 1.11 bits per heavy atom. The summed E-state index contributed by atoms with van der Waals surface area (Å²) in [6.45, 7) is 0.499. The summed E-state index contributed by atoms with van der Waals surface area (Å²) in [4.78, 5) is 12.1. The van der Waals surface area contributed by atoms with Crippen molar-refractivity contribution in [2.45, 2.75) is 6.54 Å². The summed E-state index contributed by atoms with van der Waals surface area (Å²) in [6, 6.07) is 15.0. The molecule has 0 aliphatic heterocycles. The van der Waals surface area contributed by atoms with Gasteiger partial charge in [0.05, 0.1) is 17.4 Å². The summed E-state index contributed by atoms with van der Waals surface area (Å²) in [5.41, 5.74) is 8.28. The molecule has 0 saturated carbocycles. The van der Waals surface area contributed by atoms with Crippen LogP contribution in [0, 0.1) is 0 Å². The number of nitrogens with two attached hydrogens (primary N) is 1. The normalized spacial score (nSPS) is 10.9. The van der Waals surface area contributed by atoms with Crippen LogP contribution < -0.4 is 11.3 Å². The number of H-pyrrole nitrogens is 1. The lowest BCUT2D eigenvalue weighted by Gasteiger charge is -2.02. The van der Waals surface area contributed by atoms with Gasteiger partial charge >= 0.3 is 0 Å². The number of nitrogens with zero attached hydrogens (tertiary/aromatic N) is 1. The fraction of sp³-hybridized carbons (Fsp3) is 0.0714. The number of rotatable bonds is 2. The first-order valence-corrected chi connectivity index (χ1v) is 5.76. The molecular weight excluding hydrogens is 226 g/mol. The van der Waals surface area contributed by atoms with E-state index < -0.39 is 0 Å². The lowest BCUT2D eigenvalue weighted by Crippen LogP contribution is -2.17. The van der Waals surface area contributed by atoms with Crippen LogP contribution in [0.25, 0.3) is 10.9 Å². The second kappa shape index (κ2) is 4.07. The van der Waals surface area contributed by atoms with Crippen molar-refractivity contribution in [3.05, 3.63) is 64.4 Å². The molecule has 0 radical (unpaired) electrons.